The fourth-order valence-electron chi connectivity index (χ4n) is 2.01. The number of hydrogen-bond acceptors (Lipinski definition) is 5. The highest BCUT2D eigenvalue weighted by Gasteiger charge is 2.27. The Kier molecular flexibility index (Phi) is 6.48. The average Bonchev–Trinajstić information content (AvgIpc) is 3.36. The lowest BCUT2D eigenvalue weighted by atomic mass is 10.2. The van der Waals surface area contributed by atoms with E-state index < -0.39 is 12.1 Å². The van der Waals surface area contributed by atoms with Crippen molar-refractivity contribution >= 4 is 27.8 Å². The molecule has 7 heteroatoms. The topological polar surface area (TPSA) is 73.9 Å². The molecule has 1 N–H and O–H groups in total. The molecular weight excluding hydrogens is 378 g/mol. The van der Waals surface area contributed by atoms with E-state index in [9.17, 15) is 9.59 Å². The molecule has 1 amide bonds. The molecule has 1 aromatic rings. The van der Waals surface area contributed by atoms with Crippen LogP contribution in [0.25, 0.3) is 0 Å². The number of amides is 1. The number of nitrogens with one attached hydrogen (secondary N) is 1. The molecule has 1 atom stereocenters. The number of hydrogen-bond donors (Lipinski definition) is 1. The number of rotatable bonds is 8. The van der Waals surface area contributed by atoms with Gasteiger partial charge in [-0.2, -0.15) is 0 Å². The summed E-state index contributed by atoms with van der Waals surface area (Å²) in [5, 5.41) is 2.81. The molecule has 0 spiro atoms. The highest BCUT2D eigenvalue weighted by atomic mass is 79.9. The van der Waals surface area contributed by atoms with Crippen LogP contribution in [0.5, 0.6) is 11.5 Å². The van der Waals surface area contributed by atoms with Gasteiger partial charge in [-0.3, -0.25) is 4.79 Å². The Morgan fingerprint density at radius 1 is 1.38 bits per heavy atom. The molecule has 0 heterocycles. The van der Waals surface area contributed by atoms with Gasteiger partial charge in [0.25, 0.3) is 5.91 Å². The molecule has 6 nitrogen and oxygen atoms in total. The summed E-state index contributed by atoms with van der Waals surface area (Å²) < 4.78 is 16.7. The van der Waals surface area contributed by atoms with E-state index in [0.29, 0.717) is 22.6 Å². The molecule has 132 valence electrons. The van der Waals surface area contributed by atoms with Gasteiger partial charge in [0.1, 0.15) is 0 Å². The highest BCUT2D eigenvalue weighted by Crippen LogP contribution is 2.37. The van der Waals surface area contributed by atoms with Crippen molar-refractivity contribution in [2.24, 2.45) is 0 Å². The van der Waals surface area contributed by atoms with Crippen LogP contribution < -0.4 is 14.8 Å². The lowest BCUT2D eigenvalue weighted by Gasteiger charge is -2.16. The predicted molar refractivity (Wildman–Crippen MR) is 92.5 cm³/mol. The van der Waals surface area contributed by atoms with Crippen molar-refractivity contribution in [3.05, 3.63) is 22.2 Å². The molecule has 1 aliphatic rings. The molecule has 1 saturated carbocycles. The summed E-state index contributed by atoms with van der Waals surface area (Å²) >= 11 is 3.38. The van der Waals surface area contributed by atoms with Crippen molar-refractivity contribution in [3.8, 4) is 11.5 Å². The second-order valence-electron chi connectivity index (χ2n) is 5.67. The zero-order valence-electron chi connectivity index (χ0n) is 14.1. The molecule has 24 heavy (non-hydrogen) atoms. The number of methoxy groups -OCH3 is 1. The first kappa shape index (κ1) is 18.6. The zero-order chi connectivity index (χ0) is 17.7. The molecular formula is C17H22BrNO5. The number of esters is 1. The minimum absolute atomic E-state index is 0.225. The van der Waals surface area contributed by atoms with Gasteiger partial charge in [-0.1, -0.05) is 6.92 Å². The van der Waals surface area contributed by atoms with E-state index in [1.54, 1.807) is 19.1 Å². The molecule has 0 radical (unpaired) electrons. The van der Waals surface area contributed by atoms with E-state index in [1.807, 2.05) is 6.92 Å². The molecule has 1 aliphatic carbocycles. The number of halogens is 1. The Bertz CT molecular complexity index is 615. The van der Waals surface area contributed by atoms with Crippen LogP contribution in [0.4, 0.5) is 0 Å². The maximum absolute atomic E-state index is 12.3. The quantitative estimate of drug-likeness (QED) is 0.679. The van der Waals surface area contributed by atoms with Crippen molar-refractivity contribution < 1.29 is 23.8 Å². The molecule has 0 aromatic heterocycles. The maximum atomic E-state index is 12.3. The first-order valence-electron chi connectivity index (χ1n) is 7.98. The summed E-state index contributed by atoms with van der Waals surface area (Å²) in [6.07, 6.45) is 1.97. The van der Waals surface area contributed by atoms with Crippen molar-refractivity contribution in [2.45, 2.75) is 45.3 Å². The Morgan fingerprint density at radius 2 is 2.08 bits per heavy atom. The smallest absolute Gasteiger partial charge is 0.339 e. The molecule has 2 rings (SSSR count). The highest BCUT2D eigenvalue weighted by molar-refractivity contribution is 9.10. The Balaban J connectivity index is 2.07. The van der Waals surface area contributed by atoms with E-state index >= 15 is 0 Å². The van der Waals surface area contributed by atoms with Crippen molar-refractivity contribution in [3.63, 3.8) is 0 Å². The average molecular weight is 400 g/mol. The molecule has 1 aromatic carbocycles. The van der Waals surface area contributed by atoms with Crippen LogP contribution in [-0.4, -0.2) is 37.7 Å². The van der Waals surface area contributed by atoms with Crippen LogP contribution in [0, 0.1) is 0 Å². The second kappa shape index (κ2) is 8.37. The van der Waals surface area contributed by atoms with Gasteiger partial charge in [-0.05, 0) is 54.2 Å². The van der Waals surface area contributed by atoms with Gasteiger partial charge in [-0.25, -0.2) is 4.79 Å². The summed E-state index contributed by atoms with van der Waals surface area (Å²) in [5.74, 6) is 0.101. The second-order valence-corrected chi connectivity index (χ2v) is 6.52. The van der Waals surface area contributed by atoms with Crippen molar-refractivity contribution in [1.82, 2.24) is 5.32 Å². The predicted octanol–water partition coefficient (Wildman–Crippen LogP) is 3.07. The van der Waals surface area contributed by atoms with Gasteiger partial charge < -0.3 is 19.5 Å². The molecule has 1 fully saturated rings. The normalized spacial score (nSPS) is 14.7. The number of benzene rings is 1. The molecule has 0 saturated heterocycles. The molecule has 0 bridgehead atoms. The first-order chi connectivity index (χ1) is 11.5. The minimum Gasteiger partial charge on any atom is -0.493 e. The van der Waals surface area contributed by atoms with Crippen LogP contribution in [-0.2, 0) is 9.53 Å². The summed E-state index contributed by atoms with van der Waals surface area (Å²) in [5.41, 5.74) is 0.286. The first-order valence-corrected chi connectivity index (χ1v) is 8.77. The molecule has 0 unspecified atom stereocenters. The SMILES string of the molecule is CCCOc1c(Br)cc(C(=O)O[C@@H](C)C(=O)NC2CC2)cc1OC. The van der Waals surface area contributed by atoms with Gasteiger partial charge in [0, 0.05) is 6.04 Å². The third-order valence-electron chi connectivity index (χ3n) is 3.49. The summed E-state index contributed by atoms with van der Waals surface area (Å²) in [7, 11) is 1.50. The van der Waals surface area contributed by atoms with Crippen LogP contribution in [0.3, 0.4) is 0 Å². The van der Waals surface area contributed by atoms with E-state index in [-0.39, 0.29) is 17.5 Å². The maximum Gasteiger partial charge on any atom is 0.339 e. The van der Waals surface area contributed by atoms with Gasteiger partial charge >= 0.3 is 5.97 Å². The van der Waals surface area contributed by atoms with Crippen LogP contribution in [0.1, 0.15) is 43.5 Å². The fourth-order valence-corrected chi connectivity index (χ4v) is 2.57. The monoisotopic (exact) mass is 399 g/mol. The Labute approximate surface area is 150 Å². The third-order valence-corrected chi connectivity index (χ3v) is 4.08. The van der Waals surface area contributed by atoms with Crippen molar-refractivity contribution in [2.75, 3.05) is 13.7 Å². The van der Waals surface area contributed by atoms with E-state index in [2.05, 4.69) is 21.2 Å². The van der Waals surface area contributed by atoms with Gasteiger partial charge in [0.05, 0.1) is 23.8 Å². The van der Waals surface area contributed by atoms with Gasteiger partial charge in [0.2, 0.25) is 0 Å². The van der Waals surface area contributed by atoms with E-state index in [4.69, 9.17) is 14.2 Å². The lowest BCUT2D eigenvalue weighted by molar-refractivity contribution is -0.129. The van der Waals surface area contributed by atoms with Crippen LogP contribution in [0.2, 0.25) is 0 Å². The zero-order valence-corrected chi connectivity index (χ0v) is 15.6. The fraction of sp³-hybridized carbons (Fsp3) is 0.529. The lowest BCUT2D eigenvalue weighted by Crippen LogP contribution is -2.37. The van der Waals surface area contributed by atoms with Gasteiger partial charge in [0.15, 0.2) is 17.6 Å². The van der Waals surface area contributed by atoms with Crippen LogP contribution >= 0.6 is 15.9 Å². The summed E-state index contributed by atoms with van der Waals surface area (Å²) in [4.78, 5) is 24.2. The van der Waals surface area contributed by atoms with Crippen LogP contribution in [0.15, 0.2) is 16.6 Å². The summed E-state index contributed by atoms with van der Waals surface area (Å²) in [6.45, 7) is 4.10. The number of carbonyl (C=O) groups excluding carboxylic acids is 2. The van der Waals surface area contributed by atoms with Gasteiger partial charge in [-0.15, -0.1) is 0 Å². The number of carbonyl (C=O) groups is 2. The molecule has 0 aliphatic heterocycles. The minimum atomic E-state index is -0.848. The summed E-state index contributed by atoms with van der Waals surface area (Å²) in [6, 6.07) is 3.37. The Morgan fingerprint density at radius 3 is 2.67 bits per heavy atom. The largest absolute Gasteiger partial charge is 0.493 e. The van der Waals surface area contributed by atoms with E-state index in [0.717, 1.165) is 19.3 Å². The standard InChI is InChI=1S/C17H22BrNO5/c1-4-7-23-15-13(18)8-11(9-14(15)22-3)17(21)24-10(2)16(20)19-12-5-6-12/h8-10,12H,4-7H2,1-3H3,(H,19,20)/t10-/m0/s1. The third kappa shape index (κ3) is 4.87. The van der Waals surface area contributed by atoms with E-state index in [1.165, 1.54) is 7.11 Å². The Hall–Kier alpha value is -1.76. The van der Waals surface area contributed by atoms with Crippen molar-refractivity contribution in [1.29, 1.82) is 0 Å². The number of ether oxygens (including phenoxy) is 3.